The van der Waals surface area contributed by atoms with E-state index in [1.165, 1.54) is 0 Å². The number of aryl methyl sites for hydroxylation is 1. The molecule has 0 bridgehead atoms. The summed E-state index contributed by atoms with van der Waals surface area (Å²) in [7, 11) is 0. The molecule has 0 unspecified atom stereocenters. The van der Waals surface area contributed by atoms with Crippen LogP contribution < -0.4 is 5.32 Å². The fourth-order valence-electron chi connectivity index (χ4n) is 4.40. The second kappa shape index (κ2) is 7.87. The lowest BCUT2D eigenvalue weighted by Crippen LogP contribution is -2.44. The number of urea groups is 1. The zero-order valence-corrected chi connectivity index (χ0v) is 18.2. The number of amides is 3. The second-order valence-electron chi connectivity index (χ2n) is 8.06. The van der Waals surface area contributed by atoms with Gasteiger partial charge in [-0.2, -0.15) is 5.10 Å². The lowest BCUT2D eigenvalue weighted by atomic mass is 9.83. The van der Waals surface area contributed by atoms with Gasteiger partial charge in [0.1, 0.15) is 0 Å². The molecule has 1 aliphatic rings. The largest absolute Gasteiger partial charge is 0.346 e. The topological polar surface area (TPSA) is 66.7 Å². The Morgan fingerprint density at radius 3 is 1.97 bits per heavy atom. The third-order valence-electron chi connectivity index (χ3n) is 5.77. The van der Waals surface area contributed by atoms with Crippen molar-refractivity contribution in [2.45, 2.75) is 39.3 Å². The monoisotopic (exact) mass is 414 g/mol. The van der Waals surface area contributed by atoms with Crippen LogP contribution in [0.5, 0.6) is 0 Å². The Hall–Kier alpha value is -3.67. The van der Waals surface area contributed by atoms with E-state index >= 15 is 0 Å². The maximum atomic E-state index is 13.6. The molecule has 1 N–H and O–H groups in total. The number of imide groups is 1. The smallest absolute Gasteiger partial charge is 0.346 e. The molecule has 2 aromatic carbocycles. The summed E-state index contributed by atoms with van der Waals surface area (Å²) in [6, 6.07) is 20.3. The summed E-state index contributed by atoms with van der Waals surface area (Å²) in [5.41, 5.74) is 3.09. The Morgan fingerprint density at radius 1 is 0.935 bits per heavy atom. The molecule has 2 heterocycles. The van der Waals surface area contributed by atoms with Crippen LogP contribution in [0.2, 0.25) is 0 Å². The van der Waals surface area contributed by atoms with Gasteiger partial charge in [-0.1, -0.05) is 60.7 Å². The average Bonchev–Trinajstić information content (AvgIpc) is 3.20. The van der Waals surface area contributed by atoms with Crippen LogP contribution in [-0.4, -0.2) is 27.7 Å². The Balaban J connectivity index is 1.76. The fourth-order valence-corrected chi connectivity index (χ4v) is 4.40. The SMILES string of the molecule is Cc1cc(/C=N\N2C(=O)NC(c3ccccc3)(c3ccccc3)C2=O)c(C)n1C(C)C. The molecule has 3 amide bonds. The molecule has 158 valence electrons. The van der Waals surface area contributed by atoms with Gasteiger partial charge in [-0.3, -0.25) is 4.79 Å². The van der Waals surface area contributed by atoms with Gasteiger partial charge in [0.05, 0.1) is 6.21 Å². The number of benzene rings is 2. The van der Waals surface area contributed by atoms with Crippen LogP contribution in [0.4, 0.5) is 4.79 Å². The number of nitrogens with zero attached hydrogens (tertiary/aromatic N) is 3. The quantitative estimate of drug-likeness (QED) is 0.493. The molecular formula is C25H26N4O2. The van der Waals surface area contributed by atoms with Crippen molar-refractivity contribution in [3.05, 3.63) is 94.8 Å². The molecule has 4 rings (SSSR count). The Kier molecular flexibility index (Phi) is 5.23. The minimum atomic E-state index is -1.31. The van der Waals surface area contributed by atoms with Crippen LogP contribution in [0.1, 0.15) is 48.0 Å². The Morgan fingerprint density at radius 2 is 1.48 bits per heavy atom. The van der Waals surface area contributed by atoms with Gasteiger partial charge in [0.15, 0.2) is 5.54 Å². The van der Waals surface area contributed by atoms with Crippen LogP contribution in [-0.2, 0) is 10.3 Å². The molecule has 0 spiro atoms. The van der Waals surface area contributed by atoms with Crippen molar-refractivity contribution in [2.24, 2.45) is 5.10 Å². The molecule has 0 atom stereocenters. The van der Waals surface area contributed by atoms with Crippen LogP contribution in [0.15, 0.2) is 71.8 Å². The number of carbonyl (C=O) groups is 2. The molecule has 6 heteroatoms. The summed E-state index contributed by atoms with van der Waals surface area (Å²) >= 11 is 0. The lowest BCUT2D eigenvalue weighted by Gasteiger charge is -2.27. The first-order valence-corrected chi connectivity index (χ1v) is 10.4. The van der Waals surface area contributed by atoms with E-state index in [1.807, 2.05) is 80.6 Å². The number of hydrazone groups is 1. The van der Waals surface area contributed by atoms with E-state index < -0.39 is 17.5 Å². The Bertz CT molecular complexity index is 1110. The first kappa shape index (κ1) is 20.6. The number of rotatable bonds is 5. The highest BCUT2D eigenvalue weighted by Crippen LogP contribution is 2.36. The first-order valence-electron chi connectivity index (χ1n) is 10.4. The number of aromatic nitrogens is 1. The van der Waals surface area contributed by atoms with Crippen LogP contribution in [0.25, 0.3) is 0 Å². The van der Waals surface area contributed by atoms with Crippen molar-refractivity contribution in [1.82, 2.24) is 14.9 Å². The highest BCUT2D eigenvalue weighted by Gasteiger charge is 2.54. The predicted molar refractivity (Wildman–Crippen MR) is 121 cm³/mol. The maximum Gasteiger partial charge on any atom is 0.346 e. The summed E-state index contributed by atoms with van der Waals surface area (Å²) in [5, 5.41) is 8.15. The highest BCUT2D eigenvalue weighted by atomic mass is 16.2. The van der Waals surface area contributed by atoms with Gasteiger partial charge < -0.3 is 9.88 Å². The molecule has 1 aromatic heterocycles. The van der Waals surface area contributed by atoms with Crippen molar-refractivity contribution in [2.75, 3.05) is 0 Å². The van der Waals surface area contributed by atoms with Gasteiger partial charge in [-0.15, -0.1) is 5.01 Å². The molecule has 31 heavy (non-hydrogen) atoms. The molecule has 0 saturated carbocycles. The van der Waals surface area contributed by atoms with E-state index in [-0.39, 0.29) is 0 Å². The summed E-state index contributed by atoms with van der Waals surface area (Å²) in [6.07, 6.45) is 1.59. The van der Waals surface area contributed by atoms with Crippen molar-refractivity contribution in [3.8, 4) is 0 Å². The summed E-state index contributed by atoms with van der Waals surface area (Å²) in [4.78, 5) is 26.6. The van der Waals surface area contributed by atoms with Crippen LogP contribution in [0.3, 0.4) is 0 Å². The lowest BCUT2D eigenvalue weighted by molar-refractivity contribution is -0.130. The second-order valence-corrected chi connectivity index (χ2v) is 8.06. The van der Waals surface area contributed by atoms with Crippen LogP contribution >= 0.6 is 0 Å². The predicted octanol–water partition coefficient (Wildman–Crippen LogP) is 4.52. The molecule has 1 fully saturated rings. The fraction of sp³-hybridized carbons (Fsp3) is 0.240. The summed E-state index contributed by atoms with van der Waals surface area (Å²) in [6.45, 7) is 8.28. The summed E-state index contributed by atoms with van der Waals surface area (Å²) in [5.74, 6) is -0.427. The zero-order valence-electron chi connectivity index (χ0n) is 18.2. The highest BCUT2D eigenvalue weighted by molar-refractivity contribution is 6.10. The third-order valence-corrected chi connectivity index (χ3v) is 5.77. The standard InChI is InChI=1S/C25H26N4O2/c1-17(2)28-18(3)15-20(19(28)4)16-26-29-23(30)25(27-24(29)31,21-11-7-5-8-12-21)22-13-9-6-10-14-22/h5-17H,1-4H3,(H,27,31)/b26-16-. The van der Waals surface area contributed by atoms with Gasteiger partial charge in [-0.05, 0) is 44.9 Å². The van der Waals surface area contributed by atoms with Crippen molar-refractivity contribution in [3.63, 3.8) is 0 Å². The molecule has 1 saturated heterocycles. The van der Waals surface area contributed by atoms with Crippen LogP contribution in [0, 0.1) is 13.8 Å². The molecule has 0 radical (unpaired) electrons. The molecule has 1 aliphatic heterocycles. The normalized spacial score (nSPS) is 15.8. The summed E-state index contributed by atoms with van der Waals surface area (Å²) < 4.78 is 2.20. The number of hydrogen-bond donors (Lipinski definition) is 1. The van der Waals surface area contributed by atoms with Gasteiger partial charge in [0, 0.05) is 23.0 Å². The average molecular weight is 415 g/mol. The Labute approximate surface area is 182 Å². The van der Waals surface area contributed by atoms with Gasteiger partial charge in [0.25, 0.3) is 5.91 Å². The van der Waals surface area contributed by atoms with E-state index in [9.17, 15) is 9.59 Å². The molecule has 6 nitrogen and oxygen atoms in total. The van der Waals surface area contributed by atoms with E-state index in [0.29, 0.717) is 17.2 Å². The minimum absolute atomic E-state index is 0.308. The van der Waals surface area contributed by atoms with E-state index in [1.54, 1.807) is 6.21 Å². The van der Waals surface area contributed by atoms with Crippen molar-refractivity contribution >= 4 is 18.2 Å². The number of carbonyl (C=O) groups excluding carboxylic acids is 2. The molecular weight excluding hydrogens is 388 g/mol. The van der Waals surface area contributed by atoms with E-state index in [4.69, 9.17) is 0 Å². The van der Waals surface area contributed by atoms with Crippen molar-refractivity contribution in [1.29, 1.82) is 0 Å². The zero-order chi connectivity index (χ0) is 22.2. The van der Waals surface area contributed by atoms with Gasteiger partial charge in [-0.25, -0.2) is 4.79 Å². The van der Waals surface area contributed by atoms with Crippen molar-refractivity contribution < 1.29 is 9.59 Å². The maximum absolute atomic E-state index is 13.6. The van der Waals surface area contributed by atoms with Gasteiger partial charge >= 0.3 is 6.03 Å². The minimum Gasteiger partial charge on any atom is -0.346 e. The molecule has 0 aliphatic carbocycles. The first-order chi connectivity index (χ1) is 14.9. The van der Waals surface area contributed by atoms with E-state index in [0.717, 1.165) is 22.0 Å². The molecule has 3 aromatic rings. The number of nitrogens with one attached hydrogen (secondary N) is 1. The third kappa shape index (κ3) is 3.34. The van der Waals surface area contributed by atoms with E-state index in [2.05, 4.69) is 28.8 Å². The number of hydrogen-bond acceptors (Lipinski definition) is 3. The van der Waals surface area contributed by atoms with Gasteiger partial charge in [0.2, 0.25) is 0 Å².